The van der Waals surface area contributed by atoms with Gasteiger partial charge in [0.2, 0.25) is 5.91 Å². The summed E-state index contributed by atoms with van der Waals surface area (Å²) in [4.78, 5) is 23.4. The van der Waals surface area contributed by atoms with E-state index in [1.807, 2.05) is 5.38 Å². The van der Waals surface area contributed by atoms with E-state index in [9.17, 15) is 9.59 Å². The molecule has 3 heterocycles. The van der Waals surface area contributed by atoms with Crippen molar-refractivity contribution in [3.63, 3.8) is 0 Å². The average molecular weight is 278 g/mol. The lowest BCUT2D eigenvalue weighted by molar-refractivity contribution is -0.116. The van der Waals surface area contributed by atoms with Crippen LogP contribution in [0.3, 0.4) is 0 Å². The molecule has 1 amide bonds. The lowest BCUT2D eigenvalue weighted by Gasteiger charge is -2.21. The van der Waals surface area contributed by atoms with E-state index in [0.29, 0.717) is 11.4 Å². The van der Waals surface area contributed by atoms with Crippen molar-refractivity contribution in [3.05, 3.63) is 28.4 Å². The molecule has 98 valence electrons. The summed E-state index contributed by atoms with van der Waals surface area (Å²) >= 11 is 1.30. The van der Waals surface area contributed by atoms with Crippen LogP contribution in [0.5, 0.6) is 0 Å². The smallest absolute Gasteiger partial charge is 0.356 e. The van der Waals surface area contributed by atoms with Gasteiger partial charge in [-0.1, -0.05) is 0 Å². The molecule has 0 radical (unpaired) electrons. The van der Waals surface area contributed by atoms with Gasteiger partial charge in [-0.2, -0.15) is 5.10 Å². The van der Waals surface area contributed by atoms with Gasteiger partial charge < -0.3 is 10.1 Å². The van der Waals surface area contributed by atoms with Gasteiger partial charge in [-0.15, -0.1) is 0 Å². The number of carbonyl (C=O) groups excluding carboxylic acids is 2. The third kappa shape index (κ3) is 1.89. The molecular weight excluding hydrogens is 268 g/mol. The normalized spacial score (nSPS) is 17.7. The Morgan fingerprint density at radius 3 is 3.11 bits per heavy atom. The number of ether oxygens (including phenoxy) is 1. The highest BCUT2D eigenvalue weighted by Crippen LogP contribution is 2.38. The van der Waals surface area contributed by atoms with E-state index >= 15 is 0 Å². The van der Waals surface area contributed by atoms with Crippen molar-refractivity contribution in [3.8, 4) is 0 Å². The molecule has 1 aliphatic heterocycles. The van der Waals surface area contributed by atoms with E-state index in [4.69, 9.17) is 4.74 Å². The Labute approximate surface area is 112 Å². The van der Waals surface area contributed by atoms with Gasteiger partial charge >= 0.3 is 5.97 Å². The second-order valence-electron chi connectivity index (χ2n) is 4.12. The second kappa shape index (κ2) is 4.47. The number of amides is 1. The maximum atomic E-state index is 11.7. The van der Waals surface area contributed by atoms with Crippen molar-refractivity contribution < 1.29 is 14.3 Å². The summed E-state index contributed by atoms with van der Waals surface area (Å²) in [7, 11) is 1.30. The largest absolute Gasteiger partial charge is 0.464 e. The molecule has 2 aromatic heterocycles. The topological polar surface area (TPSA) is 97.0 Å². The minimum Gasteiger partial charge on any atom is -0.464 e. The molecule has 1 atom stereocenters. The van der Waals surface area contributed by atoms with Crippen LogP contribution in [0.25, 0.3) is 0 Å². The quantitative estimate of drug-likeness (QED) is 0.802. The zero-order valence-electron chi connectivity index (χ0n) is 9.97. The Morgan fingerprint density at radius 2 is 2.42 bits per heavy atom. The minimum absolute atomic E-state index is 0.133. The van der Waals surface area contributed by atoms with Crippen molar-refractivity contribution in [1.29, 1.82) is 0 Å². The van der Waals surface area contributed by atoms with E-state index in [-0.39, 0.29) is 23.9 Å². The van der Waals surface area contributed by atoms with Crippen LogP contribution < -0.4 is 5.32 Å². The molecule has 1 aliphatic rings. The fourth-order valence-electron chi connectivity index (χ4n) is 2.18. The number of carbonyl (C=O) groups is 2. The molecule has 0 bridgehead atoms. The third-order valence-corrected chi connectivity index (χ3v) is 3.65. The van der Waals surface area contributed by atoms with Crippen LogP contribution in [0.15, 0.2) is 11.6 Å². The summed E-state index contributed by atoms with van der Waals surface area (Å²) in [6, 6.07) is 0. The van der Waals surface area contributed by atoms with Crippen molar-refractivity contribution in [2.45, 2.75) is 12.3 Å². The predicted molar refractivity (Wildman–Crippen MR) is 67.1 cm³/mol. The van der Waals surface area contributed by atoms with Crippen LogP contribution in [0.1, 0.15) is 34.0 Å². The summed E-state index contributed by atoms with van der Waals surface area (Å²) in [6.07, 6.45) is 1.96. The Hall–Kier alpha value is -2.22. The molecule has 2 N–H and O–H groups in total. The van der Waals surface area contributed by atoms with Crippen molar-refractivity contribution >= 4 is 29.2 Å². The van der Waals surface area contributed by atoms with Crippen LogP contribution in [0, 0.1) is 0 Å². The molecule has 1 unspecified atom stereocenters. The minimum atomic E-state index is -0.502. The first-order chi connectivity index (χ1) is 9.20. The van der Waals surface area contributed by atoms with Crippen molar-refractivity contribution in [2.75, 3.05) is 12.4 Å². The number of rotatable bonds is 2. The number of aromatic nitrogens is 3. The Balaban J connectivity index is 2.12. The van der Waals surface area contributed by atoms with Gasteiger partial charge in [0.1, 0.15) is 5.69 Å². The fraction of sp³-hybridized carbons (Fsp3) is 0.273. The monoisotopic (exact) mass is 278 g/mol. The number of anilines is 1. The molecular formula is C11H10N4O3S. The Morgan fingerprint density at radius 1 is 1.58 bits per heavy atom. The Bertz CT molecular complexity index is 634. The number of nitrogens with one attached hydrogen (secondary N) is 2. The van der Waals surface area contributed by atoms with E-state index < -0.39 is 5.97 Å². The van der Waals surface area contributed by atoms with Gasteiger partial charge in [0.05, 0.1) is 7.11 Å². The molecule has 0 aromatic carbocycles. The molecule has 0 saturated carbocycles. The summed E-state index contributed by atoms with van der Waals surface area (Å²) in [6.45, 7) is 0. The fourth-order valence-corrected chi connectivity index (χ4v) is 2.77. The highest BCUT2D eigenvalue weighted by atomic mass is 32.1. The van der Waals surface area contributed by atoms with Gasteiger partial charge in [0, 0.05) is 29.5 Å². The Kier molecular flexibility index (Phi) is 2.79. The average Bonchev–Trinajstić information content (AvgIpc) is 3.05. The van der Waals surface area contributed by atoms with Crippen molar-refractivity contribution in [1.82, 2.24) is 14.6 Å². The molecule has 2 aromatic rings. The number of methoxy groups -OCH3 is 1. The van der Waals surface area contributed by atoms with Crippen LogP contribution in [0.4, 0.5) is 5.82 Å². The standard InChI is InChI=1S/C11H10N4O3S/c1-18-11(17)9-8-6(5-3-12-19-4-5)2-7(16)13-10(8)15-14-9/h3-4,6H,2H2,1H3,(H2,13,14,15,16). The van der Waals surface area contributed by atoms with Crippen LogP contribution >= 0.6 is 11.5 Å². The van der Waals surface area contributed by atoms with E-state index in [0.717, 1.165) is 5.56 Å². The van der Waals surface area contributed by atoms with E-state index in [2.05, 4.69) is 19.9 Å². The number of fused-ring (bicyclic) bond motifs is 1. The number of H-pyrrole nitrogens is 1. The molecule has 3 rings (SSSR count). The molecule has 0 saturated heterocycles. The number of esters is 1. The number of aromatic amines is 1. The van der Waals surface area contributed by atoms with Gasteiger partial charge in [0.15, 0.2) is 5.82 Å². The van der Waals surface area contributed by atoms with Gasteiger partial charge in [-0.3, -0.25) is 9.89 Å². The van der Waals surface area contributed by atoms with E-state index in [1.54, 1.807) is 6.20 Å². The third-order valence-electron chi connectivity index (χ3n) is 3.04. The number of nitrogens with zero attached hydrogens (tertiary/aromatic N) is 2. The lowest BCUT2D eigenvalue weighted by Crippen LogP contribution is -2.24. The molecule has 19 heavy (non-hydrogen) atoms. The van der Waals surface area contributed by atoms with Crippen LogP contribution in [-0.4, -0.2) is 33.6 Å². The maximum absolute atomic E-state index is 11.7. The van der Waals surface area contributed by atoms with Gasteiger partial charge in [-0.05, 0) is 17.1 Å². The van der Waals surface area contributed by atoms with Crippen LogP contribution in [-0.2, 0) is 9.53 Å². The highest BCUT2D eigenvalue weighted by Gasteiger charge is 2.34. The summed E-state index contributed by atoms with van der Waals surface area (Å²) in [5, 5.41) is 11.1. The first-order valence-corrected chi connectivity index (χ1v) is 6.40. The van der Waals surface area contributed by atoms with Gasteiger partial charge in [0.25, 0.3) is 0 Å². The molecule has 0 aliphatic carbocycles. The summed E-state index contributed by atoms with van der Waals surface area (Å²) in [5.74, 6) is -0.479. The van der Waals surface area contributed by atoms with Crippen LogP contribution in [0.2, 0.25) is 0 Å². The lowest BCUT2D eigenvalue weighted by atomic mass is 9.87. The maximum Gasteiger partial charge on any atom is 0.356 e. The predicted octanol–water partition coefficient (Wildman–Crippen LogP) is 1.13. The number of hydrogen-bond donors (Lipinski definition) is 2. The van der Waals surface area contributed by atoms with Crippen molar-refractivity contribution in [2.24, 2.45) is 0 Å². The highest BCUT2D eigenvalue weighted by molar-refractivity contribution is 7.03. The zero-order valence-corrected chi connectivity index (χ0v) is 10.8. The van der Waals surface area contributed by atoms with Gasteiger partial charge in [-0.25, -0.2) is 9.17 Å². The zero-order chi connectivity index (χ0) is 13.4. The summed E-state index contributed by atoms with van der Waals surface area (Å²) < 4.78 is 8.75. The second-order valence-corrected chi connectivity index (χ2v) is 4.77. The molecule has 0 spiro atoms. The van der Waals surface area contributed by atoms with E-state index in [1.165, 1.54) is 18.6 Å². The SMILES string of the molecule is COC(=O)c1[nH]nc2c1C(c1cnsc1)CC(=O)N2. The first-order valence-electron chi connectivity index (χ1n) is 5.56. The molecule has 8 heteroatoms. The molecule has 0 fully saturated rings. The summed E-state index contributed by atoms with van der Waals surface area (Å²) in [5.41, 5.74) is 1.83. The molecule has 7 nitrogen and oxygen atoms in total. The first kappa shape index (κ1) is 11.8. The number of hydrogen-bond acceptors (Lipinski definition) is 6.